The molecule has 0 aliphatic carbocycles. The van der Waals surface area contributed by atoms with E-state index in [1.54, 1.807) is 37.3 Å². The van der Waals surface area contributed by atoms with E-state index in [1.165, 1.54) is 24.1 Å². The van der Waals surface area contributed by atoms with Gasteiger partial charge in [0.2, 0.25) is 0 Å². The van der Waals surface area contributed by atoms with Crippen LogP contribution in [0.1, 0.15) is 40.8 Å². The van der Waals surface area contributed by atoms with Gasteiger partial charge in [0, 0.05) is 0 Å². The highest BCUT2D eigenvalue weighted by Gasteiger charge is 2.54. The summed E-state index contributed by atoms with van der Waals surface area (Å²) in [4.78, 5) is 23.6. The van der Waals surface area contributed by atoms with Gasteiger partial charge in [-0.25, -0.2) is 19.5 Å². The van der Waals surface area contributed by atoms with E-state index >= 15 is 0 Å². The van der Waals surface area contributed by atoms with E-state index < -0.39 is 49.7 Å². The lowest BCUT2D eigenvalue weighted by molar-refractivity contribution is -0.148. The van der Waals surface area contributed by atoms with Crippen LogP contribution in [0.4, 0.5) is 5.82 Å². The molecule has 218 valence electrons. The first kappa shape index (κ1) is 30.2. The number of imidazole rings is 1. The second-order valence-electron chi connectivity index (χ2n) is 10.9. The average molecular weight is 597 g/mol. The highest BCUT2D eigenvalue weighted by molar-refractivity contribution is 7.52. The maximum atomic E-state index is 13.9. The molecule has 40 heavy (non-hydrogen) atoms. The second kappa shape index (κ2) is 11.6. The van der Waals surface area contributed by atoms with Gasteiger partial charge in [-0.05, 0) is 31.4 Å². The molecule has 15 heteroatoms. The number of para-hydroxylation sites is 1. The van der Waals surface area contributed by atoms with E-state index in [-0.39, 0.29) is 23.6 Å². The molecular formula is C25H34ClN6O7P. The predicted octanol–water partition coefficient (Wildman–Crippen LogP) is 3.44. The molecule has 3 heterocycles. The summed E-state index contributed by atoms with van der Waals surface area (Å²) in [6, 6.07) is 7.29. The van der Waals surface area contributed by atoms with Crippen molar-refractivity contribution in [1.82, 2.24) is 24.6 Å². The molecule has 6 atom stereocenters. The minimum atomic E-state index is -4.20. The molecule has 3 aromatic rings. The predicted molar refractivity (Wildman–Crippen MR) is 148 cm³/mol. The Kier molecular flexibility index (Phi) is 8.74. The van der Waals surface area contributed by atoms with Crippen LogP contribution in [-0.4, -0.2) is 66.9 Å². The number of nitrogens with two attached hydrogens (primary N) is 1. The van der Waals surface area contributed by atoms with Gasteiger partial charge in [0.05, 0.1) is 19.5 Å². The van der Waals surface area contributed by atoms with Crippen LogP contribution in [0.5, 0.6) is 5.75 Å². The van der Waals surface area contributed by atoms with Gasteiger partial charge >= 0.3 is 13.7 Å². The molecule has 1 fully saturated rings. The lowest BCUT2D eigenvalue weighted by atomic mass is 9.99. The molecule has 4 rings (SSSR count). The van der Waals surface area contributed by atoms with Crippen molar-refractivity contribution in [3.05, 3.63) is 43.0 Å². The zero-order valence-corrected chi connectivity index (χ0v) is 24.5. The number of hydrogen-bond acceptors (Lipinski definition) is 11. The number of anilines is 1. The number of aromatic nitrogens is 4. The zero-order valence-electron chi connectivity index (χ0n) is 22.9. The van der Waals surface area contributed by atoms with Crippen molar-refractivity contribution < 1.29 is 33.0 Å². The van der Waals surface area contributed by atoms with Crippen LogP contribution in [0.15, 0.2) is 43.0 Å². The molecule has 1 aliphatic rings. The first-order valence-corrected chi connectivity index (χ1v) is 14.5. The van der Waals surface area contributed by atoms with Crippen molar-refractivity contribution in [1.29, 1.82) is 0 Å². The molecule has 0 spiro atoms. The Morgan fingerprint density at radius 1 is 1.30 bits per heavy atom. The molecular weight excluding hydrogens is 563 g/mol. The molecule has 0 saturated carbocycles. The van der Waals surface area contributed by atoms with Crippen LogP contribution in [0.3, 0.4) is 0 Å². The van der Waals surface area contributed by atoms with Gasteiger partial charge in [0.25, 0.3) is 0 Å². The normalized spacial score (nSPS) is 25.4. The van der Waals surface area contributed by atoms with E-state index in [2.05, 4.69) is 20.0 Å². The van der Waals surface area contributed by atoms with E-state index in [0.29, 0.717) is 11.2 Å². The number of benzene rings is 1. The van der Waals surface area contributed by atoms with Gasteiger partial charge in [-0.3, -0.25) is 13.9 Å². The number of carbonyl (C=O) groups excluding carboxylic acids is 1. The number of carbonyl (C=O) groups is 1. The van der Waals surface area contributed by atoms with E-state index in [9.17, 15) is 14.5 Å². The summed E-state index contributed by atoms with van der Waals surface area (Å²) in [6.07, 6.45) is -0.529. The monoisotopic (exact) mass is 596 g/mol. The van der Waals surface area contributed by atoms with Gasteiger partial charge in [0.1, 0.15) is 40.7 Å². The summed E-state index contributed by atoms with van der Waals surface area (Å²) < 4.78 is 38.2. The molecule has 1 saturated heterocycles. The number of halogens is 1. The molecule has 1 aliphatic heterocycles. The lowest BCUT2D eigenvalue weighted by Gasteiger charge is -2.26. The zero-order chi connectivity index (χ0) is 29.3. The number of aliphatic hydroxyl groups excluding tert-OH is 1. The van der Waals surface area contributed by atoms with Crippen molar-refractivity contribution in [2.24, 2.45) is 5.41 Å². The minimum absolute atomic E-state index is 0.167. The fraction of sp³-hybridized carbons (Fsp3) is 0.520. The van der Waals surface area contributed by atoms with Crippen LogP contribution in [-0.2, 0) is 23.4 Å². The Hall–Kier alpha value is -2.80. The number of nitrogen functional groups attached to an aromatic ring is 1. The average Bonchev–Trinajstić information content (AvgIpc) is 3.40. The van der Waals surface area contributed by atoms with Crippen LogP contribution < -0.4 is 15.3 Å². The lowest BCUT2D eigenvalue weighted by Crippen LogP contribution is -2.40. The summed E-state index contributed by atoms with van der Waals surface area (Å²) in [5, 5.41) is 13.7. The largest absolute Gasteiger partial charge is 0.464 e. The third-order valence-electron chi connectivity index (χ3n) is 6.09. The fourth-order valence-corrected chi connectivity index (χ4v) is 5.78. The van der Waals surface area contributed by atoms with Crippen molar-refractivity contribution in [2.45, 2.75) is 64.0 Å². The molecule has 2 aromatic heterocycles. The SMILES string of the molecule is C[C@@H](NP(=O)(OC[C@H]1O[C@@H](n2cnc3c(N)ncnc32)[C@](C)(Cl)[C@@H]1O)Oc1ccccc1)C(=O)OCC(C)(C)C. The van der Waals surface area contributed by atoms with Crippen LogP contribution in [0.2, 0.25) is 0 Å². The fourth-order valence-electron chi connectivity index (χ4n) is 3.98. The number of alkyl halides is 1. The third-order valence-corrected chi connectivity index (χ3v) is 8.14. The summed E-state index contributed by atoms with van der Waals surface area (Å²) in [6.45, 7) is 8.61. The van der Waals surface area contributed by atoms with Gasteiger partial charge in [-0.1, -0.05) is 39.0 Å². The van der Waals surface area contributed by atoms with Gasteiger partial charge in [-0.15, -0.1) is 11.6 Å². The molecule has 0 amide bonds. The number of nitrogens with zero attached hydrogens (tertiary/aromatic N) is 4. The molecule has 1 aromatic carbocycles. The highest BCUT2D eigenvalue weighted by atomic mass is 35.5. The summed E-state index contributed by atoms with van der Waals surface area (Å²) in [7, 11) is -4.20. The van der Waals surface area contributed by atoms with E-state index in [4.69, 9.17) is 35.9 Å². The number of rotatable bonds is 10. The summed E-state index contributed by atoms with van der Waals surface area (Å²) in [5.74, 6) is -0.211. The number of fused-ring (bicyclic) bond motifs is 1. The third kappa shape index (κ3) is 6.73. The smallest absolute Gasteiger partial charge is 0.459 e. The maximum absolute atomic E-state index is 13.9. The van der Waals surface area contributed by atoms with Crippen LogP contribution in [0, 0.1) is 5.41 Å². The van der Waals surface area contributed by atoms with Crippen molar-refractivity contribution in [3.63, 3.8) is 0 Å². The van der Waals surface area contributed by atoms with E-state index in [0.717, 1.165) is 0 Å². The quantitative estimate of drug-likeness (QED) is 0.177. The molecule has 4 N–H and O–H groups in total. The standard InChI is InChI=1S/C25H34ClN6O7P/c1-15(22(34)36-12-24(2,3)4)31-40(35,39-16-9-7-6-8-10-16)37-11-17-19(33)25(5,26)23(38-17)32-14-30-18-20(27)28-13-29-21(18)32/h6-10,13-15,17,19,23,33H,11-12H2,1-5H3,(H,31,35)(H2,27,28,29)/t15-,17-,19-,23-,25-,40?/m1/s1. The Labute approximate surface area is 236 Å². The Morgan fingerprint density at radius 2 is 2.00 bits per heavy atom. The summed E-state index contributed by atoms with van der Waals surface area (Å²) in [5.41, 5.74) is 6.35. The topological polar surface area (TPSA) is 173 Å². The maximum Gasteiger partial charge on any atom is 0.459 e. The molecule has 13 nitrogen and oxygen atoms in total. The second-order valence-corrected chi connectivity index (χ2v) is 13.4. The number of hydrogen-bond donors (Lipinski definition) is 3. The number of nitrogens with one attached hydrogen (secondary N) is 1. The number of aliphatic hydroxyl groups is 1. The van der Waals surface area contributed by atoms with E-state index in [1.807, 2.05) is 20.8 Å². The van der Waals surface area contributed by atoms with Crippen LogP contribution >= 0.6 is 19.3 Å². The Morgan fingerprint density at radius 3 is 2.67 bits per heavy atom. The highest BCUT2D eigenvalue weighted by Crippen LogP contribution is 2.48. The first-order chi connectivity index (χ1) is 18.7. The van der Waals surface area contributed by atoms with Crippen molar-refractivity contribution in [2.75, 3.05) is 18.9 Å². The van der Waals surface area contributed by atoms with Crippen LogP contribution in [0.25, 0.3) is 11.2 Å². The van der Waals surface area contributed by atoms with Gasteiger partial charge in [-0.2, -0.15) is 5.09 Å². The van der Waals surface area contributed by atoms with Crippen molar-refractivity contribution in [3.8, 4) is 5.75 Å². The van der Waals surface area contributed by atoms with Crippen molar-refractivity contribution >= 4 is 42.3 Å². The minimum Gasteiger partial charge on any atom is -0.464 e. The first-order valence-electron chi connectivity index (χ1n) is 12.6. The number of esters is 1. The Balaban J connectivity index is 1.51. The summed E-state index contributed by atoms with van der Waals surface area (Å²) >= 11 is 6.76. The van der Waals surface area contributed by atoms with Gasteiger partial charge in [0.15, 0.2) is 17.7 Å². The Bertz CT molecular complexity index is 1380. The molecule has 1 unspecified atom stereocenters. The molecule has 0 radical (unpaired) electrons. The molecule has 0 bridgehead atoms. The number of ether oxygens (including phenoxy) is 2. The van der Waals surface area contributed by atoms with Gasteiger partial charge < -0.3 is 24.8 Å².